The minimum atomic E-state index is -0.0233. The average Bonchev–Trinajstić information content (AvgIpc) is 2.50. The lowest BCUT2D eigenvalue weighted by Crippen LogP contribution is -2.16. The number of likely N-dealkylation sites (N-methyl/N-ethyl adjacent to an activating group) is 1. The molecule has 0 atom stereocenters. The Morgan fingerprint density at radius 2 is 2.10 bits per heavy atom. The van der Waals surface area contributed by atoms with Crippen LogP contribution in [-0.4, -0.2) is 42.7 Å². The van der Waals surface area contributed by atoms with Crippen LogP contribution in [0.1, 0.15) is 5.56 Å². The Bertz CT molecular complexity index is 689. The fraction of sp³-hybridized carbons (Fsp3) is 0.235. The van der Waals surface area contributed by atoms with Crippen LogP contribution in [0.2, 0.25) is 0 Å². The zero-order valence-electron chi connectivity index (χ0n) is 12.7. The first-order chi connectivity index (χ1) is 10.1. The molecule has 0 unspecified atom stereocenters. The summed E-state index contributed by atoms with van der Waals surface area (Å²) < 4.78 is 0. The number of aliphatic hydroxyl groups excluding tert-OH is 1. The van der Waals surface area contributed by atoms with Gasteiger partial charge in [-0.15, -0.1) is 0 Å². The van der Waals surface area contributed by atoms with Crippen molar-refractivity contribution in [3.63, 3.8) is 0 Å². The Morgan fingerprint density at radius 3 is 2.67 bits per heavy atom. The SMILES string of the molecule is C=C/C(=C(/CO)N(C)C)c1ccc2cnc(NC)cc2c1. The van der Waals surface area contributed by atoms with E-state index < -0.39 is 0 Å². The molecule has 0 aliphatic carbocycles. The summed E-state index contributed by atoms with van der Waals surface area (Å²) in [5.74, 6) is 0.832. The van der Waals surface area contributed by atoms with Gasteiger partial charge in [0.05, 0.1) is 6.61 Å². The molecule has 0 aliphatic rings. The molecule has 0 saturated carbocycles. The molecular weight excluding hydrogens is 262 g/mol. The van der Waals surface area contributed by atoms with Crippen LogP contribution in [-0.2, 0) is 0 Å². The summed E-state index contributed by atoms with van der Waals surface area (Å²) in [7, 11) is 5.68. The van der Waals surface area contributed by atoms with Crippen LogP contribution in [0.3, 0.4) is 0 Å². The van der Waals surface area contributed by atoms with Crippen molar-refractivity contribution in [3.05, 3.63) is 54.4 Å². The summed E-state index contributed by atoms with van der Waals surface area (Å²) >= 11 is 0. The number of benzene rings is 1. The molecule has 0 radical (unpaired) electrons. The molecular formula is C17H21N3O. The van der Waals surface area contributed by atoms with Crippen molar-refractivity contribution < 1.29 is 5.11 Å². The van der Waals surface area contributed by atoms with E-state index in [0.717, 1.165) is 33.4 Å². The second kappa shape index (κ2) is 6.41. The van der Waals surface area contributed by atoms with Crippen LogP contribution in [0.15, 0.2) is 48.8 Å². The molecule has 2 N–H and O–H groups in total. The van der Waals surface area contributed by atoms with Gasteiger partial charge >= 0.3 is 0 Å². The van der Waals surface area contributed by atoms with Gasteiger partial charge in [0.25, 0.3) is 0 Å². The van der Waals surface area contributed by atoms with Crippen LogP contribution < -0.4 is 5.32 Å². The first kappa shape index (κ1) is 15.1. The maximum absolute atomic E-state index is 9.59. The number of nitrogens with zero attached hydrogens (tertiary/aromatic N) is 2. The molecule has 0 bridgehead atoms. The van der Waals surface area contributed by atoms with Gasteiger partial charge in [0.1, 0.15) is 5.82 Å². The number of rotatable bonds is 5. The minimum absolute atomic E-state index is 0.0233. The van der Waals surface area contributed by atoms with E-state index in [9.17, 15) is 5.11 Å². The van der Waals surface area contributed by atoms with Gasteiger partial charge in [0.15, 0.2) is 0 Å². The third-order valence-corrected chi connectivity index (χ3v) is 3.49. The van der Waals surface area contributed by atoms with Crippen LogP contribution >= 0.6 is 0 Å². The van der Waals surface area contributed by atoms with Crippen LogP contribution in [0.4, 0.5) is 5.82 Å². The standard InChI is InChI=1S/C17H21N3O/c1-5-15(16(11-21)20(3)4)12-6-7-13-10-19-17(18-2)9-14(13)8-12/h5-10,21H,1,11H2,2-4H3,(H,18,19)/b16-15+. The zero-order chi connectivity index (χ0) is 15.4. The van der Waals surface area contributed by atoms with Crippen LogP contribution in [0.5, 0.6) is 0 Å². The summed E-state index contributed by atoms with van der Waals surface area (Å²) in [4.78, 5) is 6.22. The van der Waals surface area contributed by atoms with Crippen LogP contribution in [0.25, 0.3) is 16.3 Å². The number of aliphatic hydroxyl groups is 1. The Balaban J connectivity index is 2.62. The van der Waals surface area contributed by atoms with E-state index in [-0.39, 0.29) is 6.61 Å². The maximum atomic E-state index is 9.59. The number of nitrogens with one attached hydrogen (secondary N) is 1. The quantitative estimate of drug-likeness (QED) is 0.828. The molecule has 1 aromatic heterocycles. The number of pyridine rings is 1. The van der Waals surface area contributed by atoms with Gasteiger partial charge in [0, 0.05) is 44.0 Å². The average molecular weight is 283 g/mol. The third kappa shape index (κ3) is 3.06. The van der Waals surface area contributed by atoms with Gasteiger partial charge < -0.3 is 15.3 Å². The molecule has 0 spiro atoms. The molecule has 0 saturated heterocycles. The van der Waals surface area contributed by atoms with Crippen LogP contribution in [0, 0.1) is 0 Å². The minimum Gasteiger partial charge on any atom is -0.390 e. The Morgan fingerprint density at radius 1 is 1.33 bits per heavy atom. The topological polar surface area (TPSA) is 48.4 Å². The number of hydrogen-bond donors (Lipinski definition) is 2. The number of aromatic nitrogens is 1. The molecule has 110 valence electrons. The summed E-state index contributed by atoms with van der Waals surface area (Å²) in [6.45, 7) is 3.86. The highest BCUT2D eigenvalue weighted by Gasteiger charge is 2.09. The molecule has 0 amide bonds. The van der Waals surface area contributed by atoms with Crippen molar-refractivity contribution in [3.8, 4) is 0 Å². The van der Waals surface area contributed by atoms with E-state index >= 15 is 0 Å². The van der Waals surface area contributed by atoms with E-state index in [1.807, 2.05) is 50.4 Å². The molecule has 4 heteroatoms. The smallest absolute Gasteiger partial charge is 0.126 e. The van der Waals surface area contributed by atoms with Crippen molar-refractivity contribution in [2.75, 3.05) is 33.1 Å². The molecule has 2 rings (SSSR count). The summed E-state index contributed by atoms with van der Waals surface area (Å²) in [6, 6.07) is 8.16. The van der Waals surface area contributed by atoms with Gasteiger partial charge in [-0.2, -0.15) is 0 Å². The summed E-state index contributed by atoms with van der Waals surface area (Å²) in [6.07, 6.45) is 3.63. The highest BCUT2D eigenvalue weighted by atomic mass is 16.3. The summed E-state index contributed by atoms with van der Waals surface area (Å²) in [5, 5.41) is 14.8. The highest BCUT2D eigenvalue weighted by Crippen LogP contribution is 2.26. The normalized spacial score (nSPS) is 12.0. The van der Waals surface area contributed by atoms with Crippen molar-refractivity contribution in [1.29, 1.82) is 0 Å². The van der Waals surface area contributed by atoms with Crippen molar-refractivity contribution in [2.24, 2.45) is 0 Å². The monoisotopic (exact) mass is 283 g/mol. The van der Waals surface area contributed by atoms with E-state index in [1.54, 1.807) is 6.08 Å². The Hall–Kier alpha value is -2.33. The number of hydrogen-bond acceptors (Lipinski definition) is 4. The lowest BCUT2D eigenvalue weighted by molar-refractivity contribution is 0.292. The van der Waals surface area contributed by atoms with Crippen molar-refractivity contribution in [1.82, 2.24) is 9.88 Å². The van der Waals surface area contributed by atoms with Gasteiger partial charge in [0.2, 0.25) is 0 Å². The van der Waals surface area contributed by atoms with Gasteiger partial charge in [-0.1, -0.05) is 24.8 Å². The number of allylic oxidation sites excluding steroid dienone is 2. The third-order valence-electron chi connectivity index (χ3n) is 3.49. The van der Waals surface area contributed by atoms with E-state index in [4.69, 9.17) is 0 Å². The Labute approximate surface area is 125 Å². The Kier molecular flexibility index (Phi) is 4.60. The molecule has 21 heavy (non-hydrogen) atoms. The van der Waals surface area contributed by atoms with Crippen molar-refractivity contribution in [2.45, 2.75) is 0 Å². The largest absolute Gasteiger partial charge is 0.390 e. The van der Waals surface area contributed by atoms with E-state index in [1.165, 1.54) is 0 Å². The van der Waals surface area contributed by atoms with Crippen molar-refractivity contribution >= 4 is 22.2 Å². The molecule has 0 fully saturated rings. The molecule has 4 nitrogen and oxygen atoms in total. The second-order valence-electron chi connectivity index (χ2n) is 5.00. The summed E-state index contributed by atoms with van der Waals surface area (Å²) in [5.41, 5.74) is 2.81. The second-order valence-corrected chi connectivity index (χ2v) is 5.00. The molecule has 2 aromatic rings. The molecule has 1 aromatic carbocycles. The van der Waals surface area contributed by atoms with E-state index in [0.29, 0.717) is 0 Å². The van der Waals surface area contributed by atoms with Gasteiger partial charge in [-0.3, -0.25) is 0 Å². The number of fused-ring (bicyclic) bond motifs is 1. The zero-order valence-corrected chi connectivity index (χ0v) is 12.7. The fourth-order valence-electron chi connectivity index (χ4n) is 2.31. The fourth-order valence-corrected chi connectivity index (χ4v) is 2.31. The molecule has 1 heterocycles. The number of anilines is 1. The highest BCUT2D eigenvalue weighted by molar-refractivity contribution is 5.89. The maximum Gasteiger partial charge on any atom is 0.126 e. The first-order valence-corrected chi connectivity index (χ1v) is 6.82. The van der Waals surface area contributed by atoms with Gasteiger partial charge in [-0.05, 0) is 23.1 Å². The van der Waals surface area contributed by atoms with Gasteiger partial charge in [-0.25, -0.2) is 4.98 Å². The predicted molar refractivity (Wildman–Crippen MR) is 89.2 cm³/mol. The van der Waals surface area contributed by atoms with E-state index in [2.05, 4.69) is 22.9 Å². The predicted octanol–water partition coefficient (Wildman–Crippen LogP) is 2.73. The lowest BCUT2D eigenvalue weighted by atomic mass is 10.00. The molecule has 0 aliphatic heterocycles. The first-order valence-electron chi connectivity index (χ1n) is 6.82. The lowest BCUT2D eigenvalue weighted by Gasteiger charge is -2.19.